The molecule has 1 aromatic carbocycles. The Kier molecular flexibility index (Phi) is 1.98. The molecule has 5 heteroatoms. The van der Waals surface area contributed by atoms with Crippen molar-refractivity contribution in [1.29, 1.82) is 0 Å². The van der Waals surface area contributed by atoms with Crippen molar-refractivity contribution in [3.63, 3.8) is 0 Å². The number of para-hydroxylation sites is 1. The smallest absolute Gasteiger partial charge is 0.358 e. The molecule has 0 saturated carbocycles. The van der Waals surface area contributed by atoms with Crippen LogP contribution in [0.5, 0.6) is 0 Å². The topological polar surface area (TPSA) is 79.1 Å². The van der Waals surface area contributed by atoms with Crippen LogP contribution in [0.25, 0.3) is 22.2 Å². The second-order valence-corrected chi connectivity index (χ2v) is 3.58. The van der Waals surface area contributed by atoms with Gasteiger partial charge in [0.25, 0.3) is 0 Å². The summed E-state index contributed by atoms with van der Waals surface area (Å²) in [6.07, 6.45) is 2.86. The van der Waals surface area contributed by atoms with Crippen LogP contribution >= 0.6 is 0 Å². The lowest BCUT2D eigenvalue weighted by molar-refractivity contribution is 0.0691. The van der Waals surface area contributed by atoms with E-state index in [0.717, 1.165) is 17.3 Å². The number of benzene rings is 1. The van der Waals surface area contributed by atoms with Crippen molar-refractivity contribution >= 4 is 16.9 Å². The van der Waals surface area contributed by atoms with E-state index in [-0.39, 0.29) is 11.5 Å². The standard InChI is InChI=1S/C12H8N2O3/c15-12(16)10-11(17-6-14-10)8-5-13-9-4-2-1-3-7(8)9/h1-6,13H,(H,15,16). The van der Waals surface area contributed by atoms with E-state index in [1.807, 2.05) is 24.3 Å². The summed E-state index contributed by atoms with van der Waals surface area (Å²) in [4.78, 5) is 17.7. The lowest BCUT2D eigenvalue weighted by Crippen LogP contribution is -1.98. The summed E-state index contributed by atoms with van der Waals surface area (Å²) in [6.45, 7) is 0. The maximum absolute atomic E-state index is 11.0. The Morgan fingerprint density at radius 3 is 3.00 bits per heavy atom. The highest BCUT2D eigenvalue weighted by Crippen LogP contribution is 2.30. The molecule has 0 aliphatic heterocycles. The molecule has 2 N–H and O–H groups in total. The average molecular weight is 228 g/mol. The highest BCUT2D eigenvalue weighted by Gasteiger charge is 2.19. The van der Waals surface area contributed by atoms with Gasteiger partial charge in [-0.25, -0.2) is 9.78 Å². The summed E-state index contributed by atoms with van der Waals surface area (Å²) in [7, 11) is 0. The normalized spacial score (nSPS) is 10.8. The lowest BCUT2D eigenvalue weighted by Gasteiger charge is -1.95. The summed E-state index contributed by atoms with van der Waals surface area (Å²) >= 11 is 0. The van der Waals surface area contributed by atoms with Crippen molar-refractivity contribution in [3.05, 3.63) is 42.5 Å². The van der Waals surface area contributed by atoms with Gasteiger partial charge in [0.15, 0.2) is 17.8 Å². The maximum Gasteiger partial charge on any atom is 0.358 e. The van der Waals surface area contributed by atoms with Gasteiger partial charge >= 0.3 is 5.97 Å². The number of H-pyrrole nitrogens is 1. The van der Waals surface area contributed by atoms with Crippen molar-refractivity contribution in [1.82, 2.24) is 9.97 Å². The summed E-state index contributed by atoms with van der Waals surface area (Å²) in [5.41, 5.74) is 1.56. The lowest BCUT2D eigenvalue weighted by atomic mass is 10.1. The second kappa shape index (κ2) is 3.48. The highest BCUT2D eigenvalue weighted by molar-refractivity contribution is 6.00. The third-order valence-electron chi connectivity index (χ3n) is 2.60. The maximum atomic E-state index is 11.0. The van der Waals surface area contributed by atoms with Crippen molar-refractivity contribution in [2.75, 3.05) is 0 Å². The first kappa shape index (κ1) is 9.65. The molecule has 5 nitrogen and oxygen atoms in total. The Balaban J connectivity index is 2.28. The molecule has 0 saturated heterocycles. The van der Waals surface area contributed by atoms with Crippen molar-refractivity contribution in [3.8, 4) is 11.3 Å². The van der Waals surface area contributed by atoms with Gasteiger partial charge in [-0.15, -0.1) is 0 Å². The molecule has 84 valence electrons. The fourth-order valence-corrected chi connectivity index (χ4v) is 1.85. The van der Waals surface area contributed by atoms with E-state index in [4.69, 9.17) is 9.52 Å². The first-order chi connectivity index (χ1) is 8.27. The number of aromatic carboxylic acids is 1. The predicted octanol–water partition coefficient (Wildman–Crippen LogP) is 2.52. The molecule has 0 spiro atoms. The van der Waals surface area contributed by atoms with Gasteiger partial charge in [-0.1, -0.05) is 18.2 Å². The molecule has 0 unspecified atom stereocenters. The van der Waals surface area contributed by atoms with Crippen LogP contribution < -0.4 is 0 Å². The number of nitrogens with zero attached hydrogens (tertiary/aromatic N) is 1. The molecule has 0 aliphatic rings. The zero-order valence-electron chi connectivity index (χ0n) is 8.68. The number of hydrogen-bond acceptors (Lipinski definition) is 3. The van der Waals surface area contributed by atoms with Crippen LogP contribution in [0.3, 0.4) is 0 Å². The Morgan fingerprint density at radius 1 is 1.35 bits per heavy atom. The third-order valence-corrected chi connectivity index (χ3v) is 2.60. The van der Waals surface area contributed by atoms with Gasteiger partial charge in [0.1, 0.15) is 0 Å². The molecule has 0 radical (unpaired) electrons. The van der Waals surface area contributed by atoms with Gasteiger partial charge in [-0.05, 0) is 6.07 Å². The molecule has 0 aliphatic carbocycles. The van der Waals surface area contributed by atoms with Gasteiger partial charge in [0.2, 0.25) is 0 Å². The number of carbonyl (C=O) groups is 1. The molecule has 0 bridgehead atoms. The minimum Gasteiger partial charge on any atom is -0.476 e. The van der Waals surface area contributed by atoms with Gasteiger partial charge < -0.3 is 14.5 Å². The van der Waals surface area contributed by atoms with Gasteiger partial charge in [0.05, 0.1) is 0 Å². The van der Waals surface area contributed by atoms with Crippen molar-refractivity contribution < 1.29 is 14.3 Å². The van der Waals surface area contributed by atoms with Gasteiger partial charge in [-0.3, -0.25) is 0 Å². The number of nitrogens with one attached hydrogen (secondary N) is 1. The number of fused-ring (bicyclic) bond motifs is 1. The Hall–Kier alpha value is -2.56. The zero-order valence-corrected chi connectivity index (χ0v) is 8.68. The van der Waals surface area contributed by atoms with E-state index < -0.39 is 5.97 Å². The zero-order chi connectivity index (χ0) is 11.8. The Morgan fingerprint density at radius 2 is 2.18 bits per heavy atom. The van der Waals surface area contributed by atoms with Crippen molar-refractivity contribution in [2.24, 2.45) is 0 Å². The first-order valence-electron chi connectivity index (χ1n) is 5.00. The van der Waals surface area contributed by atoms with E-state index in [1.165, 1.54) is 0 Å². The van der Waals surface area contributed by atoms with E-state index in [1.54, 1.807) is 6.20 Å². The fraction of sp³-hybridized carbons (Fsp3) is 0. The average Bonchev–Trinajstić information content (AvgIpc) is 2.94. The minimum absolute atomic E-state index is 0.0743. The largest absolute Gasteiger partial charge is 0.476 e. The molecule has 2 heterocycles. The van der Waals surface area contributed by atoms with Crippen LogP contribution in [0.2, 0.25) is 0 Å². The molecular weight excluding hydrogens is 220 g/mol. The number of aromatic amines is 1. The van der Waals surface area contributed by atoms with Crippen molar-refractivity contribution in [2.45, 2.75) is 0 Å². The second-order valence-electron chi connectivity index (χ2n) is 3.58. The summed E-state index contributed by atoms with van der Waals surface area (Å²) < 4.78 is 5.17. The van der Waals surface area contributed by atoms with Crippen LogP contribution in [0.1, 0.15) is 10.5 Å². The van der Waals surface area contributed by atoms with Crippen LogP contribution in [0.15, 0.2) is 41.3 Å². The summed E-state index contributed by atoms with van der Waals surface area (Å²) in [6, 6.07) is 7.60. The molecular formula is C12H8N2O3. The first-order valence-corrected chi connectivity index (χ1v) is 5.00. The van der Waals surface area contributed by atoms with E-state index in [9.17, 15) is 4.79 Å². The van der Waals surface area contributed by atoms with Crippen LogP contribution in [0, 0.1) is 0 Å². The Bertz CT molecular complexity index is 696. The van der Waals surface area contributed by atoms with Gasteiger partial charge in [-0.2, -0.15) is 0 Å². The molecule has 0 amide bonds. The predicted molar refractivity (Wildman–Crippen MR) is 60.8 cm³/mol. The summed E-state index contributed by atoms with van der Waals surface area (Å²) in [5.74, 6) is -0.825. The fourth-order valence-electron chi connectivity index (χ4n) is 1.85. The number of carboxylic acids is 1. The molecule has 0 atom stereocenters. The molecule has 3 rings (SSSR count). The van der Waals surface area contributed by atoms with E-state index in [2.05, 4.69) is 9.97 Å². The number of aromatic nitrogens is 2. The van der Waals surface area contributed by atoms with Gasteiger partial charge in [0, 0.05) is 22.7 Å². The van der Waals surface area contributed by atoms with E-state index in [0.29, 0.717) is 5.56 Å². The molecule has 17 heavy (non-hydrogen) atoms. The monoisotopic (exact) mass is 228 g/mol. The number of oxazole rings is 1. The number of carboxylic acid groups (broad SMARTS) is 1. The molecule has 0 fully saturated rings. The minimum atomic E-state index is -1.10. The van der Waals surface area contributed by atoms with E-state index >= 15 is 0 Å². The Labute approximate surface area is 95.7 Å². The third kappa shape index (κ3) is 1.40. The molecule has 3 aromatic rings. The summed E-state index contributed by atoms with van der Waals surface area (Å²) in [5, 5.41) is 9.90. The van der Waals surface area contributed by atoms with Crippen LogP contribution in [-0.4, -0.2) is 21.0 Å². The van der Waals surface area contributed by atoms with Crippen LogP contribution in [0.4, 0.5) is 0 Å². The molecule has 2 aromatic heterocycles. The van der Waals surface area contributed by atoms with Crippen LogP contribution in [-0.2, 0) is 0 Å². The quantitative estimate of drug-likeness (QED) is 0.706. The number of rotatable bonds is 2. The highest BCUT2D eigenvalue weighted by atomic mass is 16.4. The number of hydrogen-bond donors (Lipinski definition) is 2. The SMILES string of the molecule is O=C(O)c1ncoc1-c1c[nH]c2ccccc12.